The van der Waals surface area contributed by atoms with E-state index in [1.807, 2.05) is 0 Å². The van der Waals surface area contributed by atoms with Crippen molar-refractivity contribution in [1.29, 1.82) is 0 Å². The van der Waals surface area contributed by atoms with Gasteiger partial charge in [0.2, 0.25) is 0 Å². The third kappa shape index (κ3) is 3.58. The molecule has 2 heteroatoms. The normalized spacial score (nSPS) is 25.0. The zero-order valence-electron chi connectivity index (χ0n) is 12.3. The molecule has 1 aliphatic rings. The van der Waals surface area contributed by atoms with Gasteiger partial charge < -0.3 is 0 Å². The molecule has 2 nitrogen and oxygen atoms in total. The van der Waals surface area contributed by atoms with Crippen molar-refractivity contribution in [2.24, 2.45) is 17.7 Å². The Hall–Kier alpha value is -0.860. The van der Waals surface area contributed by atoms with E-state index in [0.29, 0.717) is 6.04 Å². The molecule has 1 aliphatic carbocycles. The average Bonchev–Trinajstić information content (AvgIpc) is 3.24. The second-order valence-corrected chi connectivity index (χ2v) is 5.92. The molecule has 1 saturated carbocycles. The van der Waals surface area contributed by atoms with Crippen LogP contribution in [0.2, 0.25) is 0 Å². The van der Waals surface area contributed by atoms with Gasteiger partial charge in [-0.25, -0.2) is 0 Å². The van der Waals surface area contributed by atoms with Gasteiger partial charge in [-0.3, -0.25) is 11.3 Å². The zero-order valence-corrected chi connectivity index (χ0v) is 12.3. The molecule has 1 aromatic carbocycles. The zero-order chi connectivity index (χ0) is 13.7. The van der Waals surface area contributed by atoms with Gasteiger partial charge >= 0.3 is 0 Å². The molecule has 4 unspecified atom stereocenters. The number of nitrogens with two attached hydrogens (primary N) is 1. The summed E-state index contributed by atoms with van der Waals surface area (Å²) >= 11 is 0. The third-order valence-electron chi connectivity index (χ3n) is 4.68. The lowest BCUT2D eigenvalue weighted by Gasteiger charge is -2.26. The molecule has 3 N–H and O–H groups in total. The van der Waals surface area contributed by atoms with Gasteiger partial charge in [-0.1, -0.05) is 63.4 Å². The van der Waals surface area contributed by atoms with Crippen LogP contribution in [0.3, 0.4) is 0 Å². The van der Waals surface area contributed by atoms with E-state index in [9.17, 15) is 0 Å². The number of benzene rings is 1. The maximum absolute atomic E-state index is 5.85. The van der Waals surface area contributed by atoms with Crippen LogP contribution in [-0.2, 0) is 0 Å². The third-order valence-corrected chi connectivity index (χ3v) is 4.68. The first-order valence-electron chi connectivity index (χ1n) is 7.82. The number of unbranched alkanes of at least 4 members (excludes halogenated alkanes) is 1. The van der Waals surface area contributed by atoms with Crippen LogP contribution in [-0.4, -0.2) is 6.04 Å². The predicted octanol–water partition coefficient (Wildman–Crippen LogP) is 3.84. The highest BCUT2D eigenvalue weighted by Gasteiger charge is 2.45. The van der Waals surface area contributed by atoms with Gasteiger partial charge in [-0.05, 0) is 36.2 Å². The van der Waals surface area contributed by atoms with Crippen molar-refractivity contribution < 1.29 is 0 Å². The summed E-state index contributed by atoms with van der Waals surface area (Å²) in [4.78, 5) is 0. The van der Waals surface area contributed by atoms with Gasteiger partial charge in [0.15, 0.2) is 0 Å². The highest BCUT2D eigenvalue weighted by atomic mass is 15.2. The van der Waals surface area contributed by atoms with E-state index in [-0.39, 0.29) is 0 Å². The van der Waals surface area contributed by atoms with E-state index in [1.54, 1.807) is 0 Å². The Bertz CT molecular complexity index is 363. The van der Waals surface area contributed by atoms with Crippen molar-refractivity contribution in [3.05, 3.63) is 35.9 Å². The first kappa shape index (κ1) is 14.5. The summed E-state index contributed by atoms with van der Waals surface area (Å²) in [6.45, 7) is 4.56. The maximum Gasteiger partial charge on any atom is 0.0272 e. The van der Waals surface area contributed by atoms with E-state index in [4.69, 9.17) is 5.84 Å². The number of hydrazine groups is 1. The van der Waals surface area contributed by atoms with Crippen molar-refractivity contribution in [3.63, 3.8) is 0 Å². The van der Waals surface area contributed by atoms with Crippen LogP contribution in [0.4, 0.5) is 0 Å². The number of hydrogen-bond acceptors (Lipinski definition) is 2. The van der Waals surface area contributed by atoms with Gasteiger partial charge in [-0.15, -0.1) is 0 Å². The molecule has 1 aromatic rings. The van der Waals surface area contributed by atoms with E-state index in [2.05, 4.69) is 49.6 Å². The highest BCUT2D eigenvalue weighted by Crippen LogP contribution is 2.51. The minimum absolute atomic E-state index is 0.488. The fraction of sp³-hybridized carbons (Fsp3) is 0.647. The molecule has 0 heterocycles. The lowest BCUT2D eigenvalue weighted by atomic mass is 9.87. The van der Waals surface area contributed by atoms with Crippen LogP contribution in [0.15, 0.2) is 30.3 Å². The molecular formula is C17H28N2. The summed E-state index contributed by atoms with van der Waals surface area (Å²) in [6, 6.07) is 11.4. The monoisotopic (exact) mass is 260 g/mol. The van der Waals surface area contributed by atoms with E-state index >= 15 is 0 Å². The first-order valence-corrected chi connectivity index (χ1v) is 7.82. The Morgan fingerprint density at radius 3 is 2.58 bits per heavy atom. The van der Waals surface area contributed by atoms with Crippen LogP contribution < -0.4 is 11.3 Å². The Kier molecular flexibility index (Phi) is 5.41. The summed E-state index contributed by atoms with van der Waals surface area (Å²) < 4.78 is 0. The van der Waals surface area contributed by atoms with E-state index in [0.717, 1.165) is 17.8 Å². The lowest BCUT2D eigenvalue weighted by Crippen LogP contribution is -2.42. The molecule has 0 bridgehead atoms. The topological polar surface area (TPSA) is 38.0 Å². The molecular weight excluding hydrogens is 232 g/mol. The van der Waals surface area contributed by atoms with E-state index < -0.39 is 0 Å². The van der Waals surface area contributed by atoms with Crippen molar-refractivity contribution in [2.75, 3.05) is 0 Å². The van der Waals surface area contributed by atoms with Gasteiger partial charge in [0.1, 0.15) is 0 Å². The number of hydrogen-bond donors (Lipinski definition) is 2. The fourth-order valence-corrected chi connectivity index (χ4v) is 3.41. The lowest BCUT2D eigenvalue weighted by molar-refractivity contribution is 0.289. The van der Waals surface area contributed by atoms with Gasteiger partial charge in [0.25, 0.3) is 0 Å². The van der Waals surface area contributed by atoms with Crippen molar-refractivity contribution in [1.82, 2.24) is 5.43 Å². The summed E-state index contributed by atoms with van der Waals surface area (Å²) in [6.07, 6.45) is 6.42. The number of nitrogens with one attached hydrogen (secondary N) is 1. The van der Waals surface area contributed by atoms with Crippen molar-refractivity contribution in [2.45, 2.75) is 57.9 Å². The van der Waals surface area contributed by atoms with Gasteiger partial charge in [0.05, 0.1) is 0 Å². The molecule has 2 rings (SSSR count). The summed E-state index contributed by atoms with van der Waals surface area (Å²) in [7, 11) is 0. The van der Waals surface area contributed by atoms with E-state index in [1.165, 1.54) is 37.7 Å². The van der Waals surface area contributed by atoms with Crippen molar-refractivity contribution >= 4 is 0 Å². The Labute approximate surface area is 117 Å². The second-order valence-electron chi connectivity index (χ2n) is 5.92. The molecule has 4 atom stereocenters. The van der Waals surface area contributed by atoms with Crippen LogP contribution >= 0.6 is 0 Å². The SMILES string of the molecule is CCCCC(CC)C(NN)C1CC1c1ccccc1. The quantitative estimate of drug-likeness (QED) is 0.550. The Balaban J connectivity index is 1.96. The van der Waals surface area contributed by atoms with Crippen LogP contribution in [0.5, 0.6) is 0 Å². The Morgan fingerprint density at radius 1 is 1.26 bits per heavy atom. The van der Waals surface area contributed by atoms with Crippen molar-refractivity contribution in [3.8, 4) is 0 Å². The molecule has 0 radical (unpaired) electrons. The minimum Gasteiger partial charge on any atom is -0.271 e. The summed E-state index contributed by atoms with van der Waals surface area (Å²) in [5.41, 5.74) is 4.61. The standard InChI is InChI=1S/C17H28N2/c1-3-5-9-13(4-2)17(19-18)16-12-15(16)14-10-7-6-8-11-14/h6-8,10-11,13,15-17,19H,3-5,9,12,18H2,1-2H3. The second kappa shape index (κ2) is 7.06. The highest BCUT2D eigenvalue weighted by molar-refractivity contribution is 5.26. The molecule has 19 heavy (non-hydrogen) atoms. The molecule has 0 saturated heterocycles. The molecule has 0 amide bonds. The van der Waals surface area contributed by atoms with Crippen LogP contribution in [0, 0.1) is 11.8 Å². The van der Waals surface area contributed by atoms with Gasteiger partial charge in [0, 0.05) is 6.04 Å². The largest absolute Gasteiger partial charge is 0.271 e. The maximum atomic E-state index is 5.85. The summed E-state index contributed by atoms with van der Waals surface area (Å²) in [5.74, 6) is 8.03. The molecule has 0 spiro atoms. The molecule has 0 aliphatic heterocycles. The minimum atomic E-state index is 0.488. The Morgan fingerprint density at radius 2 is 2.00 bits per heavy atom. The predicted molar refractivity (Wildman–Crippen MR) is 81.7 cm³/mol. The molecule has 106 valence electrons. The summed E-state index contributed by atoms with van der Waals surface area (Å²) in [5, 5.41) is 0. The fourth-order valence-electron chi connectivity index (χ4n) is 3.41. The van der Waals surface area contributed by atoms with Crippen LogP contribution in [0.1, 0.15) is 57.4 Å². The van der Waals surface area contributed by atoms with Gasteiger partial charge in [-0.2, -0.15) is 0 Å². The first-order chi connectivity index (χ1) is 9.31. The number of rotatable bonds is 8. The van der Waals surface area contributed by atoms with Crippen LogP contribution in [0.25, 0.3) is 0 Å². The molecule has 0 aromatic heterocycles. The average molecular weight is 260 g/mol. The smallest absolute Gasteiger partial charge is 0.0272 e. The molecule has 1 fully saturated rings.